The van der Waals surface area contributed by atoms with Crippen LogP contribution in [0.1, 0.15) is 26.3 Å². The van der Waals surface area contributed by atoms with Crippen LogP contribution in [0.3, 0.4) is 0 Å². The van der Waals surface area contributed by atoms with Crippen LogP contribution < -0.4 is 5.32 Å². The molecule has 1 atom stereocenters. The Hall–Kier alpha value is -2.94. The number of hydrogen-bond acceptors (Lipinski definition) is 4. The van der Waals surface area contributed by atoms with E-state index in [9.17, 15) is 18.0 Å². The molecular formula is C26H30ClN3O4S. The standard InChI is InChI=1S/C26H30ClN3O4S/c1-18(2)28-26(32)19(3)30(16-22-11-7-8-12-24(22)27)25(31)17-29(4)35(33,34)23-14-13-20-9-5-6-10-21(20)15-23/h5-15,18-19H,16-17H2,1-4H3,(H,28,32)/t19-/m1/s1. The van der Waals surface area contributed by atoms with Crippen LogP contribution in [0.25, 0.3) is 10.8 Å². The molecule has 35 heavy (non-hydrogen) atoms. The third-order valence-electron chi connectivity index (χ3n) is 5.68. The van der Waals surface area contributed by atoms with E-state index < -0.39 is 28.5 Å². The Labute approximate surface area is 211 Å². The van der Waals surface area contributed by atoms with Gasteiger partial charge in [-0.05, 0) is 55.3 Å². The Morgan fingerprint density at radius 2 is 1.57 bits per heavy atom. The van der Waals surface area contributed by atoms with Gasteiger partial charge in [0.2, 0.25) is 21.8 Å². The minimum Gasteiger partial charge on any atom is -0.352 e. The van der Waals surface area contributed by atoms with Gasteiger partial charge in [-0.25, -0.2) is 8.42 Å². The fraction of sp³-hybridized carbons (Fsp3) is 0.308. The van der Waals surface area contributed by atoms with Crippen molar-refractivity contribution in [2.45, 2.75) is 44.3 Å². The first-order valence-corrected chi connectivity index (χ1v) is 13.1. The van der Waals surface area contributed by atoms with E-state index in [-0.39, 0.29) is 23.4 Å². The monoisotopic (exact) mass is 515 g/mol. The summed E-state index contributed by atoms with van der Waals surface area (Å²) >= 11 is 6.30. The van der Waals surface area contributed by atoms with E-state index in [1.807, 2.05) is 38.1 Å². The molecule has 0 aliphatic heterocycles. The maximum atomic E-state index is 13.4. The van der Waals surface area contributed by atoms with Gasteiger partial charge in [-0.2, -0.15) is 4.31 Å². The molecule has 0 aromatic heterocycles. The summed E-state index contributed by atoms with van der Waals surface area (Å²) in [5.41, 5.74) is 0.659. The number of rotatable bonds is 9. The van der Waals surface area contributed by atoms with Crippen molar-refractivity contribution in [2.75, 3.05) is 13.6 Å². The zero-order valence-corrected chi connectivity index (χ0v) is 21.8. The zero-order chi connectivity index (χ0) is 25.8. The molecule has 0 radical (unpaired) electrons. The van der Waals surface area contributed by atoms with E-state index in [4.69, 9.17) is 11.6 Å². The highest BCUT2D eigenvalue weighted by atomic mass is 35.5. The Kier molecular flexibility index (Phi) is 8.53. The van der Waals surface area contributed by atoms with E-state index in [1.54, 1.807) is 43.3 Å². The largest absolute Gasteiger partial charge is 0.352 e. The summed E-state index contributed by atoms with van der Waals surface area (Å²) in [5, 5.41) is 4.97. The lowest BCUT2D eigenvalue weighted by molar-refractivity contribution is -0.140. The summed E-state index contributed by atoms with van der Waals surface area (Å²) in [6.07, 6.45) is 0. The maximum Gasteiger partial charge on any atom is 0.243 e. The molecule has 0 bridgehead atoms. The SMILES string of the molecule is CC(C)NC(=O)[C@@H](C)N(Cc1ccccc1Cl)C(=O)CN(C)S(=O)(=O)c1ccc2ccccc2c1. The van der Waals surface area contributed by atoms with Crippen molar-refractivity contribution in [3.63, 3.8) is 0 Å². The van der Waals surface area contributed by atoms with Crippen LogP contribution in [0, 0.1) is 0 Å². The number of benzene rings is 3. The summed E-state index contributed by atoms with van der Waals surface area (Å²) in [7, 11) is -2.59. The Morgan fingerprint density at radius 3 is 2.23 bits per heavy atom. The lowest BCUT2D eigenvalue weighted by Crippen LogP contribution is -2.51. The highest BCUT2D eigenvalue weighted by Gasteiger charge is 2.30. The Bertz CT molecular complexity index is 1330. The van der Waals surface area contributed by atoms with Crippen LogP contribution in [0.4, 0.5) is 0 Å². The molecule has 7 nitrogen and oxygen atoms in total. The average Bonchev–Trinajstić information content (AvgIpc) is 2.82. The third-order valence-corrected chi connectivity index (χ3v) is 7.85. The topological polar surface area (TPSA) is 86.8 Å². The lowest BCUT2D eigenvalue weighted by atomic mass is 10.1. The van der Waals surface area contributed by atoms with Crippen molar-refractivity contribution >= 4 is 44.2 Å². The van der Waals surface area contributed by atoms with E-state index in [0.29, 0.717) is 10.6 Å². The normalized spacial score (nSPS) is 12.7. The zero-order valence-electron chi connectivity index (χ0n) is 20.2. The van der Waals surface area contributed by atoms with Gasteiger partial charge in [0.05, 0.1) is 11.4 Å². The van der Waals surface area contributed by atoms with Gasteiger partial charge >= 0.3 is 0 Å². The second-order valence-corrected chi connectivity index (χ2v) is 11.2. The molecular weight excluding hydrogens is 486 g/mol. The van der Waals surface area contributed by atoms with Gasteiger partial charge in [0, 0.05) is 24.7 Å². The fourth-order valence-electron chi connectivity index (χ4n) is 3.67. The summed E-state index contributed by atoms with van der Waals surface area (Å²) in [6.45, 7) is 4.90. The molecule has 0 heterocycles. The van der Waals surface area contributed by atoms with Crippen LogP contribution in [0.5, 0.6) is 0 Å². The van der Waals surface area contributed by atoms with Crippen LogP contribution in [0.2, 0.25) is 5.02 Å². The van der Waals surface area contributed by atoms with Crippen LogP contribution in [-0.4, -0.2) is 55.1 Å². The number of likely N-dealkylation sites (N-methyl/N-ethyl adjacent to an activating group) is 1. The van der Waals surface area contributed by atoms with Crippen LogP contribution in [0.15, 0.2) is 71.6 Å². The molecule has 0 saturated carbocycles. The second kappa shape index (κ2) is 11.2. The smallest absolute Gasteiger partial charge is 0.243 e. The first kappa shape index (κ1) is 26.7. The maximum absolute atomic E-state index is 13.4. The van der Waals surface area contributed by atoms with E-state index >= 15 is 0 Å². The van der Waals surface area contributed by atoms with E-state index in [0.717, 1.165) is 15.1 Å². The fourth-order valence-corrected chi connectivity index (χ4v) is 5.02. The van der Waals surface area contributed by atoms with E-state index in [2.05, 4.69) is 5.32 Å². The highest BCUT2D eigenvalue weighted by molar-refractivity contribution is 7.89. The second-order valence-electron chi connectivity index (χ2n) is 8.72. The van der Waals surface area contributed by atoms with Gasteiger partial charge in [-0.15, -0.1) is 0 Å². The Balaban J connectivity index is 1.86. The molecule has 0 unspecified atom stereocenters. The van der Waals surface area contributed by atoms with Crippen molar-refractivity contribution in [3.05, 3.63) is 77.3 Å². The predicted octanol–water partition coefficient (Wildman–Crippen LogP) is 4.06. The van der Waals surface area contributed by atoms with Gasteiger partial charge < -0.3 is 10.2 Å². The molecule has 0 aliphatic carbocycles. The molecule has 3 rings (SSSR count). The number of carbonyl (C=O) groups excluding carboxylic acids is 2. The molecule has 2 amide bonds. The number of nitrogens with one attached hydrogen (secondary N) is 1. The molecule has 0 aliphatic rings. The molecule has 1 N–H and O–H groups in total. The first-order chi connectivity index (χ1) is 16.5. The Morgan fingerprint density at radius 1 is 0.943 bits per heavy atom. The van der Waals surface area contributed by atoms with Crippen molar-refractivity contribution in [2.24, 2.45) is 0 Å². The van der Waals surface area contributed by atoms with Gasteiger partial charge in [0.15, 0.2) is 0 Å². The minimum absolute atomic E-state index is 0.0645. The summed E-state index contributed by atoms with van der Waals surface area (Å²) in [4.78, 5) is 27.6. The van der Waals surface area contributed by atoms with Gasteiger partial charge in [0.25, 0.3) is 0 Å². The number of amides is 2. The number of hydrogen-bond donors (Lipinski definition) is 1. The molecule has 0 spiro atoms. The van der Waals surface area contributed by atoms with Gasteiger partial charge in [-0.3, -0.25) is 9.59 Å². The minimum atomic E-state index is -3.95. The number of sulfonamides is 1. The molecule has 186 valence electrons. The molecule has 0 saturated heterocycles. The summed E-state index contributed by atoms with van der Waals surface area (Å²) < 4.78 is 27.5. The predicted molar refractivity (Wildman–Crippen MR) is 139 cm³/mol. The lowest BCUT2D eigenvalue weighted by Gasteiger charge is -2.31. The molecule has 3 aromatic rings. The number of fused-ring (bicyclic) bond motifs is 1. The first-order valence-electron chi connectivity index (χ1n) is 11.3. The third kappa shape index (κ3) is 6.39. The molecule has 0 fully saturated rings. The quantitative estimate of drug-likeness (QED) is 0.465. The van der Waals surface area contributed by atoms with Crippen LogP contribution in [-0.2, 0) is 26.2 Å². The average molecular weight is 516 g/mol. The van der Waals surface area contributed by atoms with Crippen molar-refractivity contribution in [3.8, 4) is 0 Å². The highest BCUT2D eigenvalue weighted by Crippen LogP contribution is 2.22. The number of halogens is 1. The molecule has 3 aromatic carbocycles. The number of carbonyl (C=O) groups is 2. The van der Waals surface area contributed by atoms with Crippen molar-refractivity contribution in [1.29, 1.82) is 0 Å². The van der Waals surface area contributed by atoms with Crippen LogP contribution >= 0.6 is 11.6 Å². The summed E-state index contributed by atoms with van der Waals surface area (Å²) in [6, 6.07) is 18.4. The van der Waals surface area contributed by atoms with Gasteiger partial charge in [-0.1, -0.05) is 60.1 Å². The van der Waals surface area contributed by atoms with E-state index in [1.165, 1.54) is 18.0 Å². The summed E-state index contributed by atoms with van der Waals surface area (Å²) in [5.74, 6) is -0.844. The van der Waals surface area contributed by atoms with Crippen molar-refractivity contribution in [1.82, 2.24) is 14.5 Å². The van der Waals surface area contributed by atoms with Gasteiger partial charge in [0.1, 0.15) is 6.04 Å². The van der Waals surface area contributed by atoms with Crippen molar-refractivity contribution < 1.29 is 18.0 Å². The number of nitrogens with zero attached hydrogens (tertiary/aromatic N) is 2. The molecule has 9 heteroatoms.